The molecule has 4 heterocycles. The van der Waals surface area contributed by atoms with Crippen LogP contribution >= 0.6 is 12.2 Å². The molecule has 2 aromatic carbocycles. The van der Waals surface area contributed by atoms with E-state index in [2.05, 4.69) is 76.9 Å². The molecule has 2 aromatic heterocycles. The predicted molar refractivity (Wildman–Crippen MR) is 140 cm³/mol. The Hall–Kier alpha value is -3.84. The van der Waals surface area contributed by atoms with Gasteiger partial charge < -0.3 is 24.3 Å². The topological polar surface area (TPSA) is 51.6 Å². The fourth-order valence-corrected chi connectivity index (χ4v) is 5.58. The van der Waals surface area contributed by atoms with E-state index in [1.807, 2.05) is 36.5 Å². The second-order valence-corrected chi connectivity index (χ2v) is 9.42. The molecule has 0 amide bonds. The summed E-state index contributed by atoms with van der Waals surface area (Å²) >= 11 is 5.91. The average molecular weight is 483 g/mol. The molecule has 2 atom stereocenters. The molecule has 2 aliphatic rings. The van der Waals surface area contributed by atoms with Crippen LogP contribution < -0.4 is 19.7 Å². The van der Waals surface area contributed by atoms with Crippen LogP contribution in [0.2, 0.25) is 0 Å². The monoisotopic (exact) mass is 482 g/mol. The molecule has 1 N–H and O–H groups in total. The number of hydrogen-bond acceptors (Lipinski definition) is 4. The van der Waals surface area contributed by atoms with Crippen LogP contribution in [0.3, 0.4) is 0 Å². The number of nitrogens with one attached hydrogen (secondary N) is 1. The van der Waals surface area contributed by atoms with Gasteiger partial charge in [0.15, 0.2) is 16.6 Å². The summed E-state index contributed by atoms with van der Waals surface area (Å²) in [7, 11) is 0. The van der Waals surface area contributed by atoms with Gasteiger partial charge in [0.25, 0.3) is 0 Å². The molecule has 176 valence electrons. The van der Waals surface area contributed by atoms with Crippen molar-refractivity contribution >= 4 is 23.0 Å². The molecule has 2 aliphatic heterocycles. The number of rotatable bonds is 4. The van der Waals surface area contributed by atoms with Crippen LogP contribution in [0.5, 0.6) is 11.5 Å². The van der Waals surface area contributed by atoms with Crippen molar-refractivity contribution < 1.29 is 9.47 Å². The molecule has 7 heteroatoms. The van der Waals surface area contributed by atoms with Gasteiger partial charge in [0.05, 0.1) is 17.8 Å². The molecule has 0 spiro atoms. The van der Waals surface area contributed by atoms with Crippen molar-refractivity contribution in [3.63, 3.8) is 0 Å². The normalized spacial score (nSPS) is 18.7. The van der Waals surface area contributed by atoms with Crippen LogP contribution in [0.1, 0.15) is 40.3 Å². The van der Waals surface area contributed by atoms with Crippen molar-refractivity contribution in [2.45, 2.75) is 32.9 Å². The highest BCUT2D eigenvalue weighted by atomic mass is 32.1. The number of aromatic nitrogens is 2. The molecule has 1 saturated heterocycles. The lowest BCUT2D eigenvalue weighted by atomic mass is 9.96. The first kappa shape index (κ1) is 21.7. The van der Waals surface area contributed by atoms with Gasteiger partial charge in [-0.1, -0.05) is 18.2 Å². The van der Waals surface area contributed by atoms with E-state index >= 15 is 0 Å². The lowest BCUT2D eigenvalue weighted by Crippen LogP contribution is -2.29. The van der Waals surface area contributed by atoms with Crippen molar-refractivity contribution in [3.05, 3.63) is 101 Å². The molecule has 35 heavy (non-hydrogen) atoms. The largest absolute Gasteiger partial charge is 0.454 e. The van der Waals surface area contributed by atoms with E-state index in [4.69, 9.17) is 21.7 Å². The molecule has 4 aromatic rings. The van der Waals surface area contributed by atoms with Gasteiger partial charge in [-0.15, -0.1) is 0 Å². The van der Waals surface area contributed by atoms with Crippen LogP contribution in [0.25, 0.3) is 5.69 Å². The Balaban J connectivity index is 1.51. The molecule has 0 radical (unpaired) electrons. The summed E-state index contributed by atoms with van der Waals surface area (Å²) in [5, 5.41) is 4.21. The van der Waals surface area contributed by atoms with Gasteiger partial charge >= 0.3 is 0 Å². The number of hydrogen-bond donors (Lipinski definition) is 1. The summed E-state index contributed by atoms with van der Waals surface area (Å²) < 4.78 is 13.5. The Bertz CT molecular complexity index is 1430. The fraction of sp³-hybridized carbons (Fsp3) is 0.214. The number of benzene rings is 2. The number of anilines is 1. The summed E-state index contributed by atoms with van der Waals surface area (Å²) in [6.07, 6.45) is 1.83. The van der Waals surface area contributed by atoms with Crippen molar-refractivity contribution in [1.29, 1.82) is 0 Å². The molecule has 0 aliphatic carbocycles. The lowest BCUT2D eigenvalue weighted by molar-refractivity contribution is 0.174. The minimum atomic E-state index is -0.111. The molecule has 0 saturated carbocycles. The summed E-state index contributed by atoms with van der Waals surface area (Å²) in [5.74, 6) is 1.48. The molecule has 0 unspecified atom stereocenters. The summed E-state index contributed by atoms with van der Waals surface area (Å²) in [6.45, 7) is 6.69. The van der Waals surface area contributed by atoms with E-state index in [1.165, 1.54) is 22.5 Å². The SMILES string of the molecule is Cc1cccc(-n2c(C)cc([C@H]3[C@H](c4ccccn4)NC(=S)N3c3ccc4c(c3)OCO4)c2C)c1. The van der Waals surface area contributed by atoms with Crippen molar-refractivity contribution in [2.24, 2.45) is 0 Å². The van der Waals surface area contributed by atoms with E-state index in [9.17, 15) is 0 Å². The Labute approximate surface area is 210 Å². The molecule has 1 fully saturated rings. The van der Waals surface area contributed by atoms with Gasteiger partial charge in [0.1, 0.15) is 0 Å². The third kappa shape index (κ3) is 3.63. The zero-order chi connectivity index (χ0) is 24.1. The number of nitrogens with zero attached hydrogens (tertiary/aromatic N) is 3. The maximum Gasteiger partial charge on any atom is 0.231 e. The third-order valence-electron chi connectivity index (χ3n) is 6.78. The number of fused-ring (bicyclic) bond motifs is 1. The van der Waals surface area contributed by atoms with Crippen LogP contribution in [0, 0.1) is 20.8 Å². The van der Waals surface area contributed by atoms with Gasteiger partial charge in [0, 0.05) is 35.0 Å². The van der Waals surface area contributed by atoms with E-state index in [1.54, 1.807) is 0 Å². The van der Waals surface area contributed by atoms with Gasteiger partial charge in [-0.3, -0.25) is 4.98 Å². The van der Waals surface area contributed by atoms with E-state index in [-0.39, 0.29) is 18.9 Å². The molecule has 6 nitrogen and oxygen atoms in total. The molecular formula is C28H26N4O2S. The number of pyridine rings is 1. The quantitative estimate of drug-likeness (QED) is 0.377. The van der Waals surface area contributed by atoms with Gasteiger partial charge in [0.2, 0.25) is 6.79 Å². The Kier molecular flexibility index (Phi) is 5.22. The van der Waals surface area contributed by atoms with Crippen molar-refractivity contribution in [2.75, 3.05) is 11.7 Å². The highest BCUT2D eigenvalue weighted by Gasteiger charge is 2.42. The van der Waals surface area contributed by atoms with Crippen LogP contribution in [0.4, 0.5) is 5.69 Å². The van der Waals surface area contributed by atoms with Crippen LogP contribution in [-0.2, 0) is 0 Å². The lowest BCUT2D eigenvalue weighted by Gasteiger charge is -2.28. The first-order chi connectivity index (χ1) is 17.0. The van der Waals surface area contributed by atoms with Crippen molar-refractivity contribution in [1.82, 2.24) is 14.9 Å². The average Bonchev–Trinajstić information content (AvgIpc) is 3.54. The molecule has 6 rings (SSSR count). The Morgan fingerprint density at radius 1 is 0.914 bits per heavy atom. The van der Waals surface area contributed by atoms with Crippen molar-refractivity contribution in [3.8, 4) is 17.2 Å². The van der Waals surface area contributed by atoms with E-state index in [0.29, 0.717) is 5.11 Å². The fourth-order valence-electron chi connectivity index (χ4n) is 5.24. The molecular weight excluding hydrogens is 456 g/mol. The van der Waals surface area contributed by atoms with E-state index in [0.717, 1.165) is 28.6 Å². The van der Waals surface area contributed by atoms with Gasteiger partial charge in [-0.05, 0) is 86.6 Å². The number of aryl methyl sites for hydroxylation is 2. The minimum Gasteiger partial charge on any atom is -0.454 e. The Morgan fingerprint density at radius 2 is 1.77 bits per heavy atom. The summed E-state index contributed by atoms with van der Waals surface area (Å²) in [6, 6.07) is 22.6. The van der Waals surface area contributed by atoms with Crippen LogP contribution in [-0.4, -0.2) is 21.5 Å². The highest BCUT2D eigenvalue weighted by molar-refractivity contribution is 7.80. The standard InChI is InChI=1S/C28H26N4O2S/c1-17-7-6-8-20(13-17)31-18(2)14-22(19(31)3)27-26(23-9-4-5-12-29-23)30-28(35)32(27)21-10-11-24-25(15-21)34-16-33-24/h4-15,26-27H,16H2,1-3H3,(H,30,35)/t26-,27-/m0/s1. The zero-order valence-corrected chi connectivity index (χ0v) is 20.7. The maximum atomic E-state index is 5.91. The first-order valence-electron chi connectivity index (χ1n) is 11.7. The van der Waals surface area contributed by atoms with Gasteiger partial charge in [-0.2, -0.15) is 0 Å². The predicted octanol–water partition coefficient (Wildman–Crippen LogP) is 5.70. The third-order valence-corrected chi connectivity index (χ3v) is 7.10. The first-order valence-corrected chi connectivity index (χ1v) is 12.1. The van der Waals surface area contributed by atoms with Gasteiger partial charge in [-0.25, -0.2) is 0 Å². The van der Waals surface area contributed by atoms with E-state index < -0.39 is 0 Å². The second-order valence-electron chi connectivity index (χ2n) is 9.04. The smallest absolute Gasteiger partial charge is 0.231 e. The zero-order valence-electron chi connectivity index (χ0n) is 19.9. The molecule has 0 bridgehead atoms. The number of ether oxygens (including phenoxy) is 2. The minimum absolute atomic E-state index is 0.0949. The van der Waals surface area contributed by atoms with Crippen LogP contribution in [0.15, 0.2) is 72.9 Å². The number of thiocarbonyl (C=S) groups is 1. The highest BCUT2D eigenvalue weighted by Crippen LogP contribution is 2.46. The Morgan fingerprint density at radius 3 is 2.57 bits per heavy atom. The summed E-state index contributed by atoms with van der Waals surface area (Å²) in [4.78, 5) is 6.86. The second kappa shape index (κ2) is 8.43. The maximum absolute atomic E-state index is 5.91. The summed E-state index contributed by atoms with van der Waals surface area (Å²) in [5.41, 5.74) is 7.84.